The average molecular weight is 505 g/mol. The van der Waals surface area contributed by atoms with Gasteiger partial charge in [0.2, 0.25) is 0 Å². The number of hydrogen-bond donors (Lipinski definition) is 2. The summed E-state index contributed by atoms with van der Waals surface area (Å²) < 4.78 is 5.56. The first-order chi connectivity index (χ1) is 17.4. The molecule has 184 valence electrons. The number of benzene rings is 2. The fourth-order valence-electron chi connectivity index (χ4n) is 4.63. The van der Waals surface area contributed by atoms with Crippen molar-refractivity contribution in [2.24, 2.45) is 0 Å². The number of carbonyl (C=O) groups is 1. The van der Waals surface area contributed by atoms with Gasteiger partial charge >= 0.3 is 0 Å². The van der Waals surface area contributed by atoms with Crippen molar-refractivity contribution < 1.29 is 14.5 Å². The first kappa shape index (κ1) is 23.8. The van der Waals surface area contributed by atoms with Crippen molar-refractivity contribution in [2.45, 2.75) is 43.0 Å². The molecule has 0 amide bonds. The van der Waals surface area contributed by atoms with Gasteiger partial charge in [-0.25, -0.2) is 4.98 Å². The molecule has 1 aliphatic heterocycles. The molecule has 2 aliphatic rings. The van der Waals surface area contributed by atoms with Gasteiger partial charge in [-0.3, -0.25) is 19.7 Å². The maximum absolute atomic E-state index is 13.4. The number of nitrogens with one attached hydrogen (secondary N) is 2. The molecular formula is C26H24N4O5S. The molecule has 2 heterocycles. The van der Waals surface area contributed by atoms with Crippen LogP contribution in [0.4, 0.5) is 11.5 Å². The fourth-order valence-corrected chi connectivity index (χ4v) is 5.45. The lowest BCUT2D eigenvalue weighted by atomic mass is 9.76. The molecule has 0 bridgehead atoms. The van der Waals surface area contributed by atoms with Crippen LogP contribution in [0.1, 0.15) is 48.8 Å². The van der Waals surface area contributed by atoms with Crippen LogP contribution in [-0.4, -0.2) is 27.3 Å². The van der Waals surface area contributed by atoms with Crippen LogP contribution in [0.2, 0.25) is 0 Å². The summed E-state index contributed by atoms with van der Waals surface area (Å²) >= 11 is 1.33. The number of ether oxygens (including phenoxy) is 1. The Morgan fingerprint density at radius 1 is 1.11 bits per heavy atom. The highest BCUT2D eigenvalue weighted by Crippen LogP contribution is 2.43. The summed E-state index contributed by atoms with van der Waals surface area (Å²) in [4.78, 5) is 44.4. The second-order valence-electron chi connectivity index (χ2n) is 8.57. The number of anilines is 1. The summed E-state index contributed by atoms with van der Waals surface area (Å²) in [7, 11) is 0. The van der Waals surface area contributed by atoms with Gasteiger partial charge in [0.25, 0.3) is 11.2 Å². The molecule has 36 heavy (non-hydrogen) atoms. The minimum Gasteiger partial charge on any atom is -0.494 e. The van der Waals surface area contributed by atoms with Gasteiger partial charge in [0, 0.05) is 41.5 Å². The van der Waals surface area contributed by atoms with E-state index in [1.165, 1.54) is 23.9 Å². The van der Waals surface area contributed by atoms with Crippen LogP contribution in [-0.2, 0) is 10.5 Å². The smallest absolute Gasteiger partial charge is 0.269 e. The zero-order valence-corrected chi connectivity index (χ0v) is 20.4. The summed E-state index contributed by atoms with van der Waals surface area (Å²) in [5.74, 6) is 1.20. The normalized spacial score (nSPS) is 16.7. The molecule has 0 unspecified atom stereocenters. The van der Waals surface area contributed by atoms with Crippen LogP contribution in [0.15, 0.2) is 69.8 Å². The van der Waals surface area contributed by atoms with Crippen LogP contribution in [0.5, 0.6) is 5.75 Å². The molecule has 0 saturated carbocycles. The van der Waals surface area contributed by atoms with Gasteiger partial charge in [0.05, 0.1) is 17.1 Å². The SMILES string of the molecule is CCOc1ccc([C@@H]2C3=C(CCCC3=O)Nc3nc(SCc4ccc([N+](=O)[O-])cc4)[nH]c(=O)c32)cc1. The first-order valence-electron chi connectivity index (χ1n) is 11.7. The van der Waals surface area contributed by atoms with E-state index in [4.69, 9.17) is 9.72 Å². The van der Waals surface area contributed by atoms with Crippen molar-refractivity contribution in [3.05, 3.63) is 97.0 Å². The lowest BCUT2D eigenvalue weighted by Crippen LogP contribution is -2.32. The number of carbonyl (C=O) groups excluding carboxylic acids is 1. The minimum atomic E-state index is -0.510. The van der Waals surface area contributed by atoms with Gasteiger partial charge in [0.1, 0.15) is 11.6 Å². The Bertz CT molecular complexity index is 1410. The van der Waals surface area contributed by atoms with Gasteiger partial charge in [-0.15, -0.1) is 0 Å². The molecule has 10 heteroatoms. The van der Waals surface area contributed by atoms with Crippen molar-refractivity contribution in [1.29, 1.82) is 0 Å². The van der Waals surface area contributed by atoms with E-state index in [0.29, 0.717) is 47.3 Å². The number of ketones is 1. The fraction of sp³-hybridized carbons (Fsp3) is 0.269. The number of rotatable bonds is 7. The monoisotopic (exact) mass is 504 g/mol. The van der Waals surface area contributed by atoms with Crippen molar-refractivity contribution in [1.82, 2.24) is 9.97 Å². The van der Waals surface area contributed by atoms with E-state index in [1.807, 2.05) is 31.2 Å². The number of non-ortho nitro benzene ring substituents is 1. The average Bonchev–Trinajstić information content (AvgIpc) is 2.87. The van der Waals surface area contributed by atoms with Gasteiger partial charge in [-0.05, 0) is 43.0 Å². The molecule has 3 aromatic rings. The molecule has 0 spiro atoms. The number of nitro benzene ring substituents is 1. The number of aromatic amines is 1. The molecule has 1 atom stereocenters. The molecule has 0 fully saturated rings. The van der Waals surface area contributed by atoms with Crippen molar-refractivity contribution >= 4 is 29.1 Å². The highest BCUT2D eigenvalue weighted by Gasteiger charge is 2.37. The number of aromatic nitrogens is 2. The highest BCUT2D eigenvalue weighted by molar-refractivity contribution is 7.98. The van der Waals surface area contributed by atoms with Crippen LogP contribution in [0.25, 0.3) is 0 Å². The number of hydrogen-bond acceptors (Lipinski definition) is 8. The van der Waals surface area contributed by atoms with Gasteiger partial charge in [-0.2, -0.15) is 0 Å². The zero-order valence-electron chi connectivity index (χ0n) is 19.6. The Morgan fingerprint density at radius 3 is 2.56 bits per heavy atom. The van der Waals surface area contributed by atoms with Crippen LogP contribution in [0, 0.1) is 10.1 Å². The van der Waals surface area contributed by atoms with Crippen LogP contribution >= 0.6 is 11.8 Å². The van der Waals surface area contributed by atoms with E-state index < -0.39 is 10.8 Å². The Labute approximate surface area is 211 Å². The number of fused-ring (bicyclic) bond motifs is 1. The number of H-pyrrole nitrogens is 1. The third-order valence-corrected chi connectivity index (χ3v) is 7.23. The number of nitro groups is 1. The van der Waals surface area contributed by atoms with Crippen LogP contribution in [0.3, 0.4) is 0 Å². The molecule has 5 rings (SSSR count). The number of nitrogens with zero attached hydrogens (tertiary/aromatic N) is 2. The van der Waals surface area contributed by atoms with E-state index in [1.54, 1.807) is 12.1 Å². The maximum atomic E-state index is 13.4. The quantitative estimate of drug-likeness (QED) is 0.201. The molecule has 2 N–H and O–H groups in total. The summed E-state index contributed by atoms with van der Waals surface area (Å²) in [6.07, 6.45) is 1.92. The Balaban J connectivity index is 1.48. The highest BCUT2D eigenvalue weighted by atomic mass is 32.2. The summed E-state index contributed by atoms with van der Waals surface area (Å²) in [5.41, 5.74) is 3.31. The molecule has 1 aromatic heterocycles. The van der Waals surface area contributed by atoms with Gasteiger partial charge in [-0.1, -0.05) is 36.0 Å². The van der Waals surface area contributed by atoms with E-state index >= 15 is 0 Å². The third kappa shape index (κ3) is 4.64. The molecule has 2 aromatic carbocycles. The third-order valence-electron chi connectivity index (χ3n) is 6.28. The number of allylic oxidation sites excluding steroid dienone is 2. The Hall–Kier alpha value is -3.92. The lowest BCUT2D eigenvalue weighted by Gasteiger charge is -2.32. The van der Waals surface area contributed by atoms with Crippen molar-refractivity contribution in [3.8, 4) is 5.75 Å². The Kier molecular flexibility index (Phi) is 6.60. The second-order valence-corrected chi connectivity index (χ2v) is 9.54. The van der Waals surface area contributed by atoms with Crippen LogP contribution < -0.4 is 15.6 Å². The predicted octanol–water partition coefficient (Wildman–Crippen LogP) is 4.93. The van der Waals surface area contributed by atoms with E-state index in [2.05, 4.69) is 10.3 Å². The topological polar surface area (TPSA) is 127 Å². The maximum Gasteiger partial charge on any atom is 0.269 e. The number of thioether (sulfide) groups is 1. The van der Waals surface area contributed by atoms with Gasteiger partial charge in [0.15, 0.2) is 10.9 Å². The van der Waals surface area contributed by atoms with E-state index in [-0.39, 0.29) is 17.0 Å². The van der Waals surface area contributed by atoms with E-state index in [9.17, 15) is 19.7 Å². The molecule has 0 saturated heterocycles. The van der Waals surface area contributed by atoms with Crippen molar-refractivity contribution in [3.63, 3.8) is 0 Å². The molecule has 1 aliphatic carbocycles. The summed E-state index contributed by atoms with van der Waals surface area (Å²) in [6, 6.07) is 13.8. The second kappa shape index (κ2) is 9.98. The first-order valence-corrected chi connectivity index (χ1v) is 12.7. The van der Waals surface area contributed by atoms with Gasteiger partial charge < -0.3 is 15.0 Å². The minimum absolute atomic E-state index is 0.0275. The predicted molar refractivity (Wildman–Crippen MR) is 136 cm³/mol. The molecule has 9 nitrogen and oxygen atoms in total. The summed E-state index contributed by atoms with van der Waals surface area (Å²) in [6.45, 7) is 2.46. The standard InChI is InChI=1S/C26H24N4O5S/c1-2-35-18-12-8-16(9-13-18)21-22-19(4-3-5-20(22)31)27-24-23(21)25(32)29-26(28-24)36-14-15-6-10-17(11-7-15)30(33)34/h6-13,21H,2-5,14H2,1H3,(H2,27,28,29,32)/t21-/m1/s1. The Morgan fingerprint density at radius 2 is 1.86 bits per heavy atom. The molecular weight excluding hydrogens is 480 g/mol. The summed E-state index contributed by atoms with van der Waals surface area (Å²) in [5, 5.41) is 14.6. The lowest BCUT2D eigenvalue weighted by molar-refractivity contribution is -0.384. The molecule has 0 radical (unpaired) electrons. The van der Waals surface area contributed by atoms with E-state index in [0.717, 1.165) is 29.0 Å². The van der Waals surface area contributed by atoms with Crippen molar-refractivity contribution in [2.75, 3.05) is 11.9 Å². The number of Topliss-reactive ketones (excluding diaryl/α,β-unsaturated/α-hetero) is 1. The zero-order chi connectivity index (χ0) is 25.2. The largest absolute Gasteiger partial charge is 0.494 e.